The zero-order chi connectivity index (χ0) is 27.4. The summed E-state index contributed by atoms with van der Waals surface area (Å²) in [5.41, 5.74) is 3.88. The van der Waals surface area contributed by atoms with Crippen LogP contribution >= 0.6 is 33.9 Å². The predicted molar refractivity (Wildman–Crippen MR) is 153 cm³/mol. The van der Waals surface area contributed by atoms with Crippen molar-refractivity contribution >= 4 is 57.1 Å². The molecule has 0 fully saturated rings. The molecule has 1 aliphatic carbocycles. The van der Waals surface area contributed by atoms with E-state index in [2.05, 4.69) is 0 Å². The molecule has 1 unspecified atom stereocenters. The number of allylic oxidation sites excluding steroid dienone is 1. The van der Waals surface area contributed by atoms with Crippen molar-refractivity contribution in [1.29, 1.82) is 0 Å². The van der Waals surface area contributed by atoms with Crippen LogP contribution in [-0.4, -0.2) is 19.5 Å². The molecule has 0 saturated heterocycles. The van der Waals surface area contributed by atoms with E-state index in [1.165, 1.54) is 18.2 Å². The minimum atomic E-state index is -0.676. The number of nitrogens with zero attached hydrogens (tertiary/aromatic N) is 4. The highest BCUT2D eigenvalue weighted by molar-refractivity contribution is 14.1. The van der Waals surface area contributed by atoms with Crippen molar-refractivity contribution in [2.45, 2.75) is 18.9 Å². The summed E-state index contributed by atoms with van der Waals surface area (Å²) in [6.07, 6.45) is 2.92. The number of rotatable bonds is 4. The average molecular weight is 652 g/mol. The van der Waals surface area contributed by atoms with Gasteiger partial charge in [0, 0.05) is 23.8 Å². The molecule has 0 bridgehead atoms. The molecule has 0 radical (unpaired) electrons. The second kappa shape index (κ2) is 9.54. The molecule has 10 nitrogen and oxygen atoms in total. The molecule has 39 heavy (non-hydrogen) atoms. The van der Waals surface area contributed by atoms with Crippen LogP contribution in [-0.2, 0) is 6.42 Å². The van der Waals surface area contributed by atoms with E-state index in [9.17, 15) is 30.1 Å². The maximum absolute atomic E-state index is 13.9. The van der Waals surface area contributed by atoms with E-state index in [1.807, 2.05) is 24.3 Å². The Morgan fingerprint density at radius 2 is 1.85 bits per heavy atom. The van der Waals surface area contributed by atoms with E-state index >= 15 is 0 Å². The summed E-state index contributed by atoms with van der Waals surface area (Å²) < 4.78 is 2.14. The van der Waals surface area contributed by atoms with Gasteiger partial charge in [0.2, 0.25) is 5.75 Å². The first-order valence-corrected chi connectivity index (χ1v) is 13.7. The van der Waals surface area contributed by atoms with E-state index in [-0.39, 0.29) is 14.8 Å². The fourth-order valence-electron chi connectivity index (χ4n) is 5.11. The lowest BCUT2D eigenvalue weighted by molar-refractivity contribution is -0.386. The monoisotopic (exact) mass is 652 g/mol. The Morgan fingerprint density at radius 3 is 2.62 bits per heavy atom. The molecule has 0 amide bonds. The normalized spacial score (nSPS) is 16.2. The molecule has 3 aromatic carbocycles. The number of phenols is 1. The van der Waals surface area contributed by atoms with Gasteiger partial charge in [0.1, 0.15) is 0 Å². The number of aromatic nitrogens is 1. The predicted octanol–water partition coefficient (Wildman–Crippen LogP) is 4.45. The summed E-state index contributed by atoms with van der Waals surface area (Å²) in [6, 6.07) is 16.4. The Hall–Kier alpha value is -4.17. The van der Waals surface area contributed by atoms with E-state index < -0.39 is 27.3 Å². The lowest BCUT2D eigenvalue weighted by atomic mass is 9.83. The number of phenolic OH excluding ortho intramolecular Hbond substituents is 1. The summed E-state index contributed by atoms with van der Waals surface area (Å²) in [7, 11) is 0. The Morgan fingerprint density at radius 1 is 1.05 bits per heavy atom. The van der Waals surface area contributed by atoms with Crippen LogP contribution in [0.15, 0.2) is 76.0 Å². The summed E-state index contributed by atoms with van der Waals surface area (Å²) >= 11 is 2.95. The maximum atomic E-state index is 13.9. The van der Waals surface area contributed by atoms with Gasteiger partial charge in [-0.05, 0) is 69.8 Å². The molecule has 12 heteroatoms. The molecule has 1 atom stereocenters. The van der Waals surface area contributed by atoms with E-state index in [0.29, 0.717) is 26.9 Å². The second-order valence-electron chi connectivity index (χ2n) is 9.09. The van der Waals surface area contributed by atoms with Gasteiger partial charge in [-0.15, -0.1) is 0 Å². The lowest BCUT2D eigenvalue weighted by Crippen LogP contribution is -2.38. The van der Waals surface area contributed by atoms with Gasteiger partial charge in [0.15, 0.2) is 4.80 Å². The van der Waals surface area contributed by atoms with Crippen molar-refractivity contribution in [1.82, 2.24) is 4.57 Å². The van der Waals surface area contributed by atoms with E-state index in [4.69, 9.17) is 4.99 Å². The number of aromatic hydroxyl groups is 1. The number of fused-ring (bicyclic) bond motifs is 3. The van der Waals surface area contributed by atoms with Crippen molar-refractivity contribution in [2.75, 3.05) is 0 Å². The number of thiazole rings is 1. The average Bonchev–Trinajstić information content (AvgIpc) is 3.23. The molecule has 194 valence electrons. The van der Waals surface area contributed by atoms with Crippen LogP contribution in [0.5, 0.6) is 5.75 Å². The molecule has 2 heterocycles. The first kappa shape index (κ1) is 25.1. The third kappa shape index (κ3) is 4.25. The minimum absolute atomic E-state index is 0.0732. The van der Waals surface area contributed by atoms with Gasteiger partial charge >= 0.3 is 5.69 Å². The molecule has 2 aliphatic rings. The van der Waals surface area contributed by atoms with Crippen LogP contribution in [0.2, 0.25) is 0 Å². The highest BCUT2D eigenvalue weighted by atomic mass is 127. The van der Waals surface area contributed by atoms with E-state index in [1.54, 1.807) is 51.4 Å². The Labute approximate surface area is 237 Å². The SMILES string of the molecule is O=c1/c(=C\c2cc(I)c(O)c([N+](=O)[O-])c2)sc2n1C(c1cccc([N+](=O)[O-])c1)C1=C(N=2)c2ccccc2CC1. The van der Waals surface area contributed by atoms with Gasteiger partial charge in [-0.1, -0.05) is 47.7 Å². The van der Waals surface area contributed by atoms with Gasteiger partial charge < -0.3 is 5.11 Å². The van der Waals surface area contributed by atoms with E-state index in [0.717, 1.165) is 40.2 Å². The molecule has 4 aromatic rings. The number of nitro benzene ring substituents is 2. The molecular weight excluding hydrogens is 635 g/mol. The quantitative estimate of drug-likeness (QED) is 0.196. The van der Waals surface area contributed by atoms with Gasteiger partial charge in [-0.2, -0.15) is 0 Å². The van der Waals surface area contributed by atoms with Gasteiger partial charge in [-0.25, -0.2) is 4.99 Å². The second-order valence-corrected chi connectivity index (χ2v) is 11.3. The van der Waals surface area contributed by atoms with Crippen molar-refractivity contribution in [3.63, 3.8) is 0 Å². The van der Waals surface area contributed by atoms with Gasteiger partial charge in [0.25, 0.3) is 11.2 Å². The number of aryl methyl sites for hydroxylation is 1. The lowest BCUT2D eigenvalue weighted by Gasteiger charge is -2.30. The van der Waals surface area contributed by atoms with Crippen molar-refractivity contribution in [3.05, 3.63) is 132 Å². The number of hydrogen-bond acceptors (Lipinski definition) is 8. The minimum Gasteiger partial charge on any atom is -0.501 e. The summed E-state index contributed by atoms with van der Waals surface area (Å²) in [6.45, 7) is 0. The molecule has 6 rings (SSSR count). The highest BCUT2D eigenvalue weighted by Gasteiger charge is 2.33. The van der Waals surface area contributed by atoms with Gasteiger partial charge in [-0.3, -0.25) is 29.6 Å². The first-order valence-electron chi connectivity index (χ1n) is 11.8. The largest absolute Gasteiger partial charge is 0.501 e. The zero-order valence-corrected chi connectivity index (χ0v) is 22.9. The summed E-state index contributed by atoms with van der Waals surface area (Å²) in [5, 5.41) is 33.1. The molecule has 1 N–H and O–H groups in total. The number of benzene rings is 3. The Bertz CT molecular complexity index is 1940. The number of non-ortho nitro benzene ring substituents is 1. The standard InChI is InChI=1S/C27H17IN4O6S/c28-20-10-14(11-21(25(20)33)32(37)38)12-22-26(34)30-24(16-5-3-6-17(13-16)31(35)36)19-9-8-15-4-1-2-7-18(15)23(19)29-27(30)39-22/h1-7,10-13,24,33H,8-9H2/b22-12+. The summed E-state index contributed by atoms with van der Waals surface area (Å²) in [5.74, 6) is -0.434. The molecular formula is C27H17IN4O6S. The highest BCUT2D eigenvalue weighted by Crippen LogP contribution is 2.41. The van der Waals surface area contributed by atoms with Crippen LogP contribution in [0.1, 0.15) is 34.7 Å². The van der Waals surface area contributed by atoms with Crippen LogP contribution in [0.4, 0.5) is 11.4 Å². The van der Waals surface area contributed by atoms with Crippen LogP contribution < -0.4 is 14.9 Å². The fraction of sp³-hybridized carbons (Fsp3) is 0.111. The third-order valence-electron chi connectivity index (χ3n) is 6.83. The van der Waals surface area contributed by atoms with Gasteiger partial charge in [0.05, 0.1) is 29.7 Å². The third-order valence-corrected chi connectivity index (χ3v) is 8.64. The fourth-order valence-corrected chi connectivity index (χ4v) is 6.75. The summed E-state index contributed by atoms with van der Waals surface area (Å²) in [4.78, 5) is 41.0. The zero-order valence-electron chi connectivity index (χ0n) is 19.9. The Kier molecular flexibility index (Phi) is 6.14. The maximum Gasteiger partial charge on any atom is 0.312 e. The molecule has 1 aliphatic heterocycles. The Balaban J connectivity index is 1.62. The van der Waals surface area contributed by atoms with Crippen LogP contribution in [0.25, 0.3) is 11.8 Å². The molecule has 1 aromatic heterocycles. The number of hydrogen-bond donors (Lipinski definition) is 1. The number of halogens is 1. The smallest absolute Gasteiger partial charge is 0.312 e. The topological polar surface area (TPSA) is 141 Å². The van der Waals surface area contributed by atoms with Crippen molar-refractivity contribution in [3.8, 4) is 5.75 Å². The molecule has 0 spiro atoms. The van der Waals surface area contributed by atoms with Crippen LogP contribution in [0, 0.1) is 23.8 Å². The van der Waals surface area contributed by atoms with Crippen molar-refractivity contribution in [2.24, 2.45) is 4.99 Å². The first-order chi connectivity index (χ1) is 18.7. The molecule has 0 saturated carbocycles. The van der Waals surface area contributed by atoms with Crippen LogP contribution in [0.3, 0.4) is 0 Å². The number of nitro groups is 2. The van der Waals surface area contributed by atoms with Crippen molar-refractivity contribution < 1.29 is 15.0 Å².